The van der Waals surface area contributed by atoms with Crippen LogP contribution in [-0.4, -0.2) is 24.0 Å². The molecule has 3 atom stereocenters. The maximum atomic E-state index is 9.40. The van der Waals surface area contributed by atoms with Crippen molar-refractivity contribution in [2.45, 2.75) is 57.5 Å². The Balaban J connectivity index is 1.99. The van der Waals surface area contributed by atoms with Gasteiger partial charge in [0.15, 0.2) is 0 Å². The van der Waals surface area contributed by atoms with Crippen LogP contribution in [0.2, 0.25) is 0 Å². The first kappa shape index (κ1) is 14.6. The first-order valence-corrected chi connectivity index (χ1v) is 8.24. The summed E-state index contributed by atoms with van der Waals surface area (Å²) in [5.41, 5.74) is 0. The van der Waals surface area contributed by atoms with Gasteiger partial charge in [0.05, 0.1) is 12.0 Å². The third-order valence-electron chi connectivity index (χ3n) is 4.44. The van der Waals surface area contributed by atoms with E-state index in [1.807, 2.05) is 11.3 Å². The average molecular weight is 276 g/mol. The minimum atomic E-state index is 0.221. The van der Waals surface area contributed by atoms with Gasteiger partial charge in [-0.05, 0) is 44.7 Å². The molecule has 1 aliphatic carbocycles. The third kappa shape index (κ3) is 3.81. The summed E-state index contributed by atoms with van der Waals surface area (Å²) in [6, 6.07) is 7.84. The van der Waals surface area contributed by atoms with Crippen molar-refractivity contribution in [1.82, 2.24) is 4.90 Å². The van der Waals surface area contributed by atoms with Gasteiger partial charge in [-0.25, -0.2) is 0 Å². The predicted molar refractivity (Wildman–Crippen MR) is 81.2 cm³/mol. The first-order valence-electron chi connectivity index (χ1n) is 7.36. The van der Waals surface area contributed by atoms with Crippen LogP contribution in [0, 0.1) is 17.2 Å². The van der Waals surface area contributed by atoms with Crippen molar-refractivity contribution < 1.29 is 0 Å². The van der Waals surface area contributed by atoms with Gasteiger partial charge in [0.25, 0.3) is 0 Å². The molecule has 1 heterocycles. The highest BCUT2D eigenvalue weighted by molar-refractivity contribution is 7.09. The maximum Gasteiger partial charge on any atom is 0.0672 e. The topological polar surface area (TPSA) is 27.0 Å². The monoisotopic (exact) mass is 276 g/mol. The van der Waals surface area contributed by atoms with E-state index in [-0.39, 0.29) is 5.92 Å². The van der Waals surface area contributed by atoms with Crippen LogP contribution in [0.1, 0.15) is 43.9 Å². The molecule has 2 rings (SSSR count). The molecule has 0 spiro atoms. The van der Waals surface area contributed by atoms with Gasteiger partial charge in [-0.3, -0.25) is 4.90 Å². The summed E-state index contributed by atoms with van der Waals surface area (Å²) in [6.45, 7) is 2.29. The lowest BCUT2D eigenvalue weighted by Gasteiger charge is -2.35. The molecule has 0 amide bonds. The van der Waals surface area contributed by atoms with E-state index in [1.165, 1.54) is 30.6 Å². The average Bonchev–Trinajstić information content (AvgIpc) is 2.80. The van der Waals surface area contributed by atoms with E-state index in [0.717, 1.165) is 12.8 Å². The molecule has 3 unspecified atom stereocenters. The molecular formula is C16H24N2S. The zero-order chi connectivity index (χ0) is 13.7. The van der Waals surface area contributed by atoms with E-state index in [2.05, 4.69) is 42.5 Å². The van der Waals surface area contributed by atoms with Crippen LogP contribution in [0.4, 0.5) is 0 Å². The highest BCUT2D eigenvalue weighted by Crippen LogP contribution is 2.28. The fraction of sp³-hybridized carbons (Fsp3) is 0.688. The Bertz CT molecular complexity index is 407. The zero-order valence-corrected chi connectivity index (χ0v) is 12.8. The number of nitriles is 1. The Kier molecular flexibility index (Phi) is 5.42. The second-order valence-electron chi connectivity index (χ2n) is 5.74. The van der Waals surface area contributed by atoms with E-state index in [9.17, 15) is 5.26 Å². The number of nitrogens with zero attached hydrogens (tertiary/aromatic N) is 2. The Morgan fingerprint density at radius 3 is 2.89 bits per heavy atom. The van der Waals surface area contributed by atoms with Gasteiger partial charge in [0, 0.05) is 17.0 Å². The van der Waals surface area contributed by atoms with Gasteiger partial charge < -0.3 is 0 Å². The van der Waals surface area contributed by atoms with Crippen molar-refractivity contribution >= 4 is 11.3 Å². The Labute approximate surface area is 121 Å². The molecule has 0 bridgehead atoms. The van der Waals surface area contributed by atoms with Gasteiger partial charge in [0.2, 0.25) is 0 Å². The molecule has 1 aliphatic rings. The fourth-order valence-corrected chi connectivity index (χ4v) is 3.94. The van der Waals surface area contributed by atoms with Gasteiger partial charge in [-0.1, -0.05) is 25.3 Å². The lowest BCUT2D eigenvalue weighted by atomic mass is 9.93. The summed E-state index contributed by atoms with van der Waals surface area (Å²) in [7, 11) is 2.21. The lowest BCUT2D eigenvalue weighted by molar-refractivity contribution is 0.143. The summed E-state index contributed by atoms with van der Waals surface area (Å²) >= 11 is 1.83. The fourth-order valence-electron chi connectivity index (χ4n) is 3.12. The maximum absolute atomic E-state index is 9.40. The largest absolute Gasteiger partial charge is 0.299 e. The predicted octanol–water partition coefficient (Wildman–Crippen LogP) is 4.08. The van der Waals surface area contributed by atoms with E-state index >= 15 is 0 Å². The molecule has 1 saturated carbocycles. The SMILES string of the molecule is CC(Cc1cccs1)N(C)C1CCCCCC1C#N. The summed E-state index contributed by atoms with van der Waals surface area (Å²) < 4.78 is 0. The quantitative estimate of drug-likeness (QED) is 0.775. The van der Waals surface area contributed by atoms with E-state index < -0.39 is 0 Å². The number of hydrogen-bond donors (Lipinski definition) is 0. The van der Waals surface area contributed by atoms with E-state index in [0.29, 0.717) is 12.1 Å². The zero-order valence-electron chi connectivity index (χ0n) is 12.0. The van der Waals surface area contributed by atoms with Crippen LogP contribution in [-0.2, 0) is 6.42 Å². The minimum absolute atomic E-state index is 0.221. The molecule has 0 aliphatic heterocycles. The van der Waals surface area contributed by atoms with Gasteiger partial charge in [0.1, 0.15) is 0 Å². The van der Waals surface area contributed by atoms with Crippen molar-refractivity contribution in [3.63, 3.8) is 0 Å². The Morgan fingerprint density at radius 1 is 1.42 bits per heavy atom. The normalized spacial score (nSPS) is 25.8. The molecular weight excluding hydrogens is 252 g/mol. The second kappa shape index (κ2) is 7.07. The van der Waals surface area contributed by atoms with E-state index in [1.54, 1.807) is 0 Å². The third-order valence-corrected chi connectivity index (χ3v) is 5.34. The highest BCUT2D eigenvalue weighted by Gasteiger charge is 2.29. The minimum Gasteiger partial charge on any atom is -0.299 e. The van der Waals surface area contributed by atoms with Crippen LogP contribution >= 0.6 is 11.3 Å². The number of likely N-dealkylation sites (N-methyl/N-ethyl adjacent to an activating group) is 1. The van der Waals surface area contributed by atoms with Crippen LogP contribution in [0.25, 0.3) is 0 Å². The first-order chi connectivity index (χ1) is 9.22. The smallest absolute Gasteiger partial charge is 0.0672 e. The van der Waals surface area contributed by atoms with Gasteiger partial charge >= 0.3 is 0 Å². The van der Waals surface area contributed by atoms with Crippen molar-refractivity contribution in [1.29, 1.82) is 5.26 Å². The van der Waals surface area contributed by atoms with Crippen molar-refractivity contribution in [2.24, 2.45) is 5.92 Å². The van der Waals surface area contributed by atoms with E-state index in [4.69, 9.17) is 0 Å². The molecule has 0 saturated heterocycles. The number of hydrogen-bond acceptors (Lipinski definition) is 3. The molecule has 19 heavy (non-hydrogen) atoms. The molecule has 1 aromatic heterocycles. The van der Waals surface area contributed by atoms with Crippen molar-refractivity contribution in [3.8, 4) is 6.07 Å². The van der Waals surface area contributed by atoms with Crippen LogP contribution in [0.5, 0.6) is 0 Å². The van der Waals surface area contributed by atoms with Gasteiger partial charge in [-0.2, -0.15) is 5.26 Å². The summed E-state index contributed by atoms with van der Waals surface area (Å²) in [6.07, 6.45) is 7.16. The van der Waals surface area contributed by atoms with Crippen molar-refractivity contribution in [3.05, 3.63) is 22.4 Å². The standard InChI is InChI=1S/C16H24N2S/c1-13(11-15-8-6-10-19-15)18(2)16-9-5-3-4-7-14(16)12-17/h6,8,10,13-14,16H,3-5,7,9,11H2,1-2H3. The molecule has 1 fully saturated rings. The summed E-state index contributed by atoms with van der Waals surface area (Å²) in [5.74, 6) is 0.221. The number of rotatable bonds is 4. The number of thiophene rings is 1. The molecule has 2 nitrogen and oxygen atoms in total. The molecule has 0 aromatic carbocycles. The molecule has 1 aromatic rings. The molecule has 0 radical (unpaired) electrons. The summed E-state index contributed by atoms with van der Waals surface area (Å²) in [4.78, 5) is 3.90. The van der Waals surface area contributed by atoms with Crippen LogP contribution < -0.4 is 0 Å². The van der Waals surface area contributed by atoms with Gasteiger partial charge in [-0.15, -0.1) is 11.3 Å². The molecule has 0 N–H and O–H groups in total. The van der Waals surface area contributed by atoms with Crippen molar-refractivity contribution in [2.75, 3.05) is 7.05 Å². The van der Waals surface area contributed by atoms with Crippen LogP contribution in [0.3, 0.4) is 0 Å². The molecule has 3 heteroatoms. The summed E-state index contributed by atoms with van der Waals surface area (Å²) in [5, 5.41) is 11.5. The Hall–Kier alpha value is -0.850. The second-order valence-corrected chi connectivity index (χ2v) is 6.77. The highest BCUT2D eigenvalue weighted by atomic mass is 32.1. The van der Waals surface area contributed by atoms with Crippen LogP contribution in [0.15, 0.2) is 17.5 Å². The lowest BCUT2D eigenvalue weighted by Crippen LogP contribution is -2.43. The Morgan fingerprint density at radius 2 is 2.21 bits per heavy atom. The molecule has 104 valence electrons.